The van der Waals surface area contributed by atoms with Gasteiger partial charge >= 0.3 is 0 Å². The summed E-state index contributed by atoms with van der Waals surface area (Å²) in [5, 5.41) is 0. The fraction of sp³-hybridized carbons (Fsp3) is 0.579. The molecule has 1 aromatic carbocycles. The van der Waals surface area contributed by atoms with Crippen LogP contribution in [0.15, 0.2) is 24.3 Å². The second-order valence-electron chi connectivity index (χ2n) is 7.39. The van der Waals surface area contributed by atoms with Crippen LogP contribution in [0.4, 0.5) is 0 Å². The number of likely N-dealkylation sites (tertiary alicyclic amines) is 1. The lowest BCUT2D eigenvalue weighted by molar-refractivity contribution is -0.137. The molecule has 2 heterocycles. The fourth-order valence-electron chi connectivity index (χ4n) is 3.86. The Hall–Kier alpha value is -1.89. The lowest BCUT2D eigenvalue weighted by Gasteiger charge is -2.35. The summed E-state index contributed by atoms with van der Waals surface area (Å²) in [5.41, 5.74) is 1.67. The zero-order chi connectivity index (χ0) is 18.9. The van der Waals surface area contributed by atoms with Crippen LogP contribution < -0.4 is 0 Å². The normalized spacial score (nSPS) is 23.0. The first-order valence-corrected chi connectivity index (χ1v) is 10.9. The molecule has 3 rings (SSSR count). The molecule has 0 saturated carbocycles. The van der Waals surface area contributed by atoms with Crippen molar-refractivity contribution in [1.82, 2.24) is 9.80 Å². The van der Waals surface area contributed by atoms with Crippen molar-refractivity contribution in [3.05, 3.63) is 35.4 Å². The Morgan fingerprint density at radius 3 is 2.35 bits per heavy atom. The number of nitrogens with zero attached hydrogens (tertiary/aromatic N) is 2. The van der Waals surface area contributed by atoms with Gasteiger partial charge in [-0.25, -0.2) is 8.42 Å². The van der Waals surface area contributed by atoms with Gasteiger partial charge in [-0.2, -0.15) is 0 Å². The van der Waals surface area contributed by atoms with Crippen LogP contribution in [0, 0.1) is 12.8 Å². The highest BCUT2D eigenvalue weighted by atomic mass is 32.2. The third kappa shape index (κ3) is 3.92. The van der Waals surface area contributed by atoms with Crippen molar-refractivity contribution < 1.29 is 18.0 Å². The highest BCUT2D eigenvalue weighted by molar-refractivity contribution is 7.91. The average molecular weight is 378 g/mol. The third-order valence-electron chi connectivity index (χ3n) is 5.61. The van der Waals surface area contributed by atoms with Gasteiger partial charge in [0.1, 0.15) is 0 Å². The Morgan fingerprint density at radius 1 is 1.12 bits per heavy atom. The molecule has 0 aromatic heterocycles. The number of sulfone groups is 1. The summed E-state index contributed by atoms with van der Waals surface area (Å²) >= 11 is 0. The number of benzene rings is 1. The van der Waals surface area contributed by atoms with Crippen molar-refractivity contribution in [3.8, 4) is 0 Å². The van der Waals surface area contributed by atoms with E-state index in [1.807, 2.05) is 36.1 Å². The van der Waals surface area contributed by atoms with Crippen LogP contribution in [0.1, 0.15) is 35.2 Å². The first-order valence-electron chi connectivity index (χ1n) is 9.10. The summed E-state index contributed by atoms with van der Waals surface area (Å²) in [7, 11) is -1.30. The van der Waals surface area contributed by atoms with Crippen LogP contribution in [0.2, 0.25) is 0 Å². The average Bonchev–Trinajstić information content (AvgIpc) is 3.00. The quantitative estimate of drug-likeness (QED) is 0.799. The van der Waals surface area contributed by atoms with Gasteiger partial charge in [-0.1, -0.05) is 18.2 Å². The molecule has 6 nitrogen and oxygen atoms in total. The molecule has 2 aliphatic heterocycles. The molecule has 2 aliphatic rings. The highest BCUT2D eigenvalue weighted by Gasteiger charge is 2.36. The topological polar surface area (TPSA) is 74.8 Å². The molecule has 0 spiro atoms. The van der Waals surface area contributed by atoms with Crippen molar-refractivity contribution >= 4 is 21.7 Å². The van der Waals surface area contributed by atoms with Crippen molar-refractivity contribution in [2.24, 2.45) is 5.92 Å². The molecule has 26 heavy (non-hydrogen) atoms. The van der Waals surface area contributed by atoms with Crippen LogP contribution in [-0.2, 0) is 14.6 Å². The maximum atomic E-state index is 12.7. The SMILES string of the molecule is Cc1ccccc1C(=O)N1CCC(C(=O)N(C)C2CCS(=O)(=O)C2)CC1. The van der Waals surface area contributed by atoms with E-state index in [0.717, 1.165) is 5.56 Å². The molecule has 1 unspecified atom stereocenters. The van der Waals surface area contributed by atoms with Gasteiger partial charge in [0.05, 0.1) is 11.5 Å². The summed E-state index contributed by atoms with van der Waals surface area (Å²) in [4.78, 5) is 28.8. The Kier molecular flexibility index (Phi) is 5.37. The van der Waals surface area contributed by atoms with Crippen LogP contribution >= 0.6 is 0 Å². The lowest BCUT2D eigenvalue weighted by atomic mass is 9.94. The molecule has 1 atom stereocenters. The van der Waals surface area contributed by atoms with Gasteiger partial charge in [0.15, 0.2) is 9.84 Å². The number of piperidine rings is 1. The number of aryl methyl sites for hydroxylation is 1. The molecule has 1 aromatic rings. The van der Waals surface area contributed by atoms with E-state index in [9.17, 15) is 18.0 Å². The largest absolute Gasteiger partial charge is 0.341 e. The van der Waals surface area contributed by atoms with Gasteiger partial charge in [0, 0.05) is 37.7 Å². The molecular formula is C19H26N2O4S. The first kappa shape index (κ1) is 18.9. The standard InChI is InChI=1S/C19H26N2O4S/c1-14-5-3-4-6-17(14)19(23)21-10-7-15(8-11-21)18(22)20(2)16-9-12-26(24,25)13-16/h3-6,15-16H,7-13H2,1-2H3. The summed E-state index contributed by atoms with van der Waals surface area (Å²) in [6.45, 7) is 3.04. The van der Waals surface area contributed by atoms with Gasteiger partial charge in [-0.15, -0.1) is 0 Å². The van der Waals surface area contributed by atoms with Gasteiger partial charge in [0.2, 0.25) is 5.91 Å². The van der Waals surface area contributed by atoms with E-state index < -0.39 is 9.84 Å². The molecule has 142 valence electrons. The van der Waals surface area contributed by atoms with Crippen LogP contribution in [0.3, 0.4) is 0 Å². The molecule has 2 fully saturated rings. The fourth-order valence-corrected chi connectivity index (χ4v) is 5.64. The second kappa shape index (κ2) is 7.39. The minimum Gasteiger partial charge on any atom is -0.341 e. The highest BCUT2D eigenvalue weighted by Crippen LogP contribution is 2.24. The molecule has 7 heteroatoms. The van der Waals surface area contributed by atoms with Crippen molar-refractivity contribution in [1.29, 1.82) is 0 Å². The van der Waals surface area contributed by atoms with Crippen LogP contribution in [0.25, 0.3) is 0 Å². The number of hydrogen-bond acceptors (Lipinski definition) is 4. The van der Waals surface area contributed by atoms with E-state index >= 15 is 0 Å². The molecule has 0 bridgehead atoms. The van der Waals surface area contributed by atoms with Gasteiger partial charge in [-0.05, 0) is 37.8 Å². The zero-order valence-corrected chi connectivity index (χ0v) is 16.2. The van der Waals surface area contributed by atoms with E-state index in [4.69, 9.17) is 0 Å². The lowest BCUT2D eigenvalue weighted by Crippen LogP contribution is -2.46. The maximum absolute atomic E-state index is 12.7. The summed E-state index contributed by atoms with van der Waals surface area (Å²) < 4.78 is 23.3. The first-order chi connectivity index (χ1) is 12.3. The molecule has 0 aliphatic carbocycles. The molecule has 0 radical (unpaired) electrons. The van der Waals surface area contributed by atoms with Crippen LogP contribution in [-0.4, -0.2) is 67.7 Å². The minimum absolute atomic E-state index is 0.00934. The maximum Gasteiger partial charge on any atom is 0.254 e. The Morgan fingerprint density at radius 2 is 1.77 bits per heavy atom. The van der Waals surface area contributed by atoms with Crippen LogP contribution in [0.5, 0.6) is 0 Å². The number of hydrogen-bond donors (Lipinski definition) is 0. The van der Waals surface area contributed by atoms with E-state index in [0.29, 0.717) is 37.9 Å². The van der Waals surface area contributed by atoms with Gasteiger partial charge in [0.25, 0.3) is 5.91 Å². The van der Waals surface area contributed by atoms with Crippen molar-refractivity contribution in [2.45, 2.75) is 32.2 Å². The number of amides is 2. The smallest absolute Gasteiger partial charge is 0.254 e. The van der Waals surface area contributed by atoms with E-state index in [1.54, 1.807) is 11.9 Å². The molecule has 2 saturated heterocycles. The number of carbonyl (C=O) groups excluding carboxylic acids is 2. The third-order valence-corrected chi connectivity index (χ3v) is 7.36. The zero-order valence-electron chi connectivity index (χ0n) is 15.3. The Labute approximate surface area is 155 Å². The Balaban J connectivity index is 1.57. The molecule has 0 N–H and O–H groups in total. The van der Waals surface area contributed by atoms with Crippen molar-refractivity contribution in [3.63, 3.8) is 0 Å². The minimum atomic E-state index is -3.01. The summed E-state index contributed by atoms with van der Waals surface area (Å²) in [5.74, 6) is 0.127. The number of rotatable bonds is 3. The molecular weight excluding hydrogens is 352 g/mol. The molecule has 2 amide bonds. The summed E-state index contributed by atoms with van der Waals surface area (Å²) in [6, 6.07) is 7.33. The van der Waals surface area contributed by atoms with Gasteiger partial charge < -0.3 is 9.80 Å². The second-order valence-corrected chi connectivity index (χ2v) is 9.62. The van der Waals surface area contributed by atoms with E-state index in [1.165, 1.54) is 0 Å². The van der Waals surface area contributed by atoms with E-state index in [2.05, 4.69) is 0 Å². The Bertz CT molecular complexity index is 798. The predicted molar refractivity (Wildman–Crippen MR) is 99.6 cm³/mol. The monoisotopic (exact) mass is 378 g/mol. The van der Waals surface area contributed by atoms with Crippen molar-refractivity contribution in [2.75, 3.05) is 31.6 Å². The predicted octanol–water partition coefficient (Wildman–Crippen LogP) is 1.49. The van der Waals surface area contributed by atoms with Gasteiger partial charge in [-0.3, -0.25) is 9.59 Å². The summed E-state index contributed by atoms with van der Waals surface area (Å²) in [6.07, 6.45) is 1.77. The van der Waals surface area contributed by atoms with E-state index in [-0.39, 0.29) is 35.3 Å². The number of carbonyl (C=O) groups is 2.